The van der Waals surface area contributed by atoms with E-state index in [4.69, 9.17) is 14.5 Å². The lowest BCUT2D eigenvalue weighted by atomic mass is 10.1. The zero-order valence-electron chi connectivity index (χ0n) is 17.4. The highest BCUT2D eigenvalue weighted by molar-refractivity contribution is 5.79. The number of aromatic nitrogens is 2. The van der Waals surface area contributed by atoms with Gasteiger partial charge in [0.15, 0.2) is 11.5 Å². The Morgan fingerprint density at radius 3 is 2.37 bits per heavy atom. The van der Waals surface area contributed by atoms with Crippen LogP contribution in [0.1, 0.15) is 11.1 Å². The largest absolute Gasteiger partial charge is 0.493 e. The summed E-state index contributed by atoms with van der Waals surface area (Å²) in [5, 5.41) is 0.626. The van der Waals surface area contributed by atoms with Gasteiger partial charge < -0.3 is 9.47 Å². The first kappa shape index (κ1) is 19.7. The molecule has 4 rings (SSSR count). The molecule has 1 heterocycles. The lowest BCUT2D eigenvalue weighted by Crippen LogP contribution is -2.24. The zero-order valence-corrected chi connectivity index (χ0v) is 17.4. The number of aryl methyl sites for hydroxylation is 2. The molecular formula is C25H24N2O3. The van der Waals surface area contributed by atoms with Crippen molar-refractivity contribution in [2.45, 2.75) is 19.9 Å². The van der Waals surface area contributed by atoms with E-state index in [1.807, 2.05) is 73.7 Å². The molecule has 0 fully saturated rings. The number of hydrogen-bond donors (Lipinski definition) is 0. The van der Waals surface area contributed by atoms with Gasteiger partial charge in [0.2, 0.25) is 0 Å². The average molecular weight is 400 g/mol. The van der Waals surface area contributed by atoms with Crippen molar-refractivity contribution in [1.29, 1.82) is 0 Å². The molecule has 0 aliphatic heterocycles. The fourth-order valence-corrected chi connectivity index (χ4v) is 3.58. The van der Waals surface area contributed by atoms with Crippen LogP contribution < -0.4 is 15.0 Å². The SMILES string of the molecule is COc1ccc(CCn2c(-c3ccc(C)cc3)nc3ccccc3c2=O)cc1OC. The summed E-state index contributed by atoms with van der Waals surface area (Å²) in [4.78, 5) is 18.1. The molecule has 0 spiro atoms. The molecule has 0 aliphatic rings. The Hall–Kier alpha value is -3.60. The van der Waals surface area contributed by atoms with E-state index in [1.165, 1.54) is 5.56 Å². The summed E-state index contributed by atoms with van der Waals surface area (Å²) in [7, 11) is 3.24. The van der Waals surface area contributed by atoms with Crippen LogP contribution in [-0.2, 0) is 13.0 Å². The second-order valence-corrected chi connectivity index (χ2v) is 7.21. The molecule has 0 unspecified atom stereocenters. The summed E-state index contributed by atoms with van der Waals surface area (Å²) in [5.41, 5.74) is 3.83. The molecule has 30 heavy (non-hydrogen) atoms. The predicted octanol–water partition coefficient (Wildman–Crippen LogP) is 4.63. The number of rotatable bonds is 6. The predicted molar refractivity (Wildman–Crippen MR) is 119 cm³/mol. The van der Waals surface area contributed by atoms with E-state index < -0.39 is 0 Å². The third-order valence-electron chi connectivity index (χ3n) is 5.24. The van der Waals surface area contributed by atoms with Gasteiger partial charge in [-0.2, -0.15) is 0 Å². The highest BCUT2D eigenvalue weighted by Crippen LogP contribution is 2.28. The third-order valence-corrected chi connectivity index (χ3v) is 5.24. The Balaban J connectivity index is 1.77. The van der Waals surface area contributed by atoms with E-state index in [9.17, 15) is 4.79 Å². The molecule has 3 aromatic carbocycles. The second kappa shape index (κ2) is 8.41. The average Bonchev–Trinajstić information content (AvgIpc) is 2.78. The monoisotopic (exact) mass is 400 g/mol. The van der Waals surface area contributed by atoms with E-state index in [0.29, 0.717) is 41.2 Å². The van der Waals surface area contributed by atoms with Crippen LogP contribution in [0, 0.1) is 6.92 Å². The molecule has 0 atom stereocenters. The summed E-state index contributed by atoms with van der Waals surface area (Å²) in [6.07, 6.45) is 0.666. The fourth-order valence-electron chi connectivity index (χ4n) is 3.58. The van der Waals surface area contributed by atoms with Crippen LogP contribution in [0.5, 0.6) is 11.5 Å². The van der Waals surface area contributed by atoms with Crippen LogP contribution >= 0.6 is 0 Å². The Bertz CT molecular complexity index is 1240. The number of para-hydroxylation sites is 1. The van der Waals surface area contributed by atoms with E-state index in [-0.39, 0.29) is 5.56 Å². The van der Waals surface area contributed by atoms with Crippen LogP contribution in [0.4, 0.5) is 0 Å². The Morgan fingerprint density at radius 2 is 1.63 bits per heavy atom. The molecule has 0 aliphatic carbocycles. The molecule has 152 valence electrons. The third kappa shape index (κ3) is 3.79. The minimum Gasteiger partial charge on any atom is -0.493 e. The minimum atomic E-state index is -0.0309. The normalized spacial score (nSPS) is 10.9. The van der Waals surface area contributed by atoms with Crippen LogP contribution in [0.2, 0.25) is 0 Å². The van der Waals surface area contributed by atoms with Gasteiger partial charge >= 0.3 is 0 Å². The molecule has 5 heteroatoms. The number of hydrogen-bond acceptors (Lipinski definition) is 4. The molecule has 0 bridgehead atoms. The summed E-state index contributed by atoms with van der Waals surface area (Å²) in [6, 6.07) is 21.4. The number of nitrogens with zero attached hydrogens (tertiary/aromatic N) is 2. The molecular weight excluding hydrogens is 376 g/mol. The molecule has 0 radical (unpaired) electrons. The molecule has 5 nitrogen and oxygen atoms in total. The lowest BCUT2D eigenvalue weighted by Gasteiger charge is -2.15. The summed E-state index contributed by atoms with van der Waals surface area (Å²) in [6.45, 7) is 2.55. The van der Waals surface area contributed by atoms with Crippen LogP contribution in [0.15, 0.2) is 71.5 Å². The van der Waals surface area contributed by atoms with Crippen molar-refractivity contribution in [2.24, 2.45) is 0 Å². The first-order valence-corrected chi connectivity index (χ1v) is 9.88. The van der Waals surface area contributed by atoms with E-state index in [0.717, 1.165) is 11.1 Å². The Morgan fingerprint density at radius 1 is 0.900 bits per heavy atom. The lowest BCUT2D eigenvalue weighted by molar-refractivity contribution is 0.354. The zero-order chi connectivity index (χ0) is 21.1. The van der Waals surface area contributed by atoms with Crippen molar-refractivity contribution in [2.75, 3.05) is 14.2 Å². The number of benzene rings is 3. The topological polar surface area (TPSA) is 53.4 Å². The molecule has 0 saturated heterocycles. The first-order valence-electron chi connectivity index (χ1n) is 9.88. The van der Waals surface area contributed by atoms with Gasteiger partial charge in [-0.15, -0.1) is 0 Å². The van der Waals surface area contributed by atoms with Crippen molar-refractivity contribution >= 4 is 10.9 Å². The standard InChI is InChI=1S/C25H24N2O3/c1-17-8-11-19(12-9-17)24-26-21-7-5-4-6-20(21)25(28)27(24)15-14-18-10-13-22(29-2)23(16-18)30-3/h4-13,16H,14-15H2,1-3H3. The van der Waals surface area contributed by atoms with Crippen molar-refractivity contribution in [3.8, 4) is 22.9 Å². The van der Waals surface area contributed by atoms with Crippen LogP contribution in [-0.4, -0.2) is 23.8 Å². The van der Waals surface area contributed by atoms with Crippen molar-refractivity contribution in [1.82, 2.24) is 9.55 Å². The van der Waals surface area contributed by atoms with Crippen LogP contribution in [0.25, 0.3) is 22.3 Å². The Labute approximate surface area is 175 Å². The first-order chi connectivity index (χ1) is 14.6. The van der Waals surface area contributed by atoms with Crippen molar-refractivity contribution in [3.63, 3.8) is 0 Å². The van der Waals surface area contributed by atoms with Gasteiger partial charge in [-0.05, 0) is 43.2 Å². The summed E-state index contributed by atoms with van der Waals surface area (Å²) < 4.78 is 12.5. The van der Waals surface area contributed by atoms with Crippen molar-refractivity contribution in [3.05, 3.63) is 88.2 Å². The second-order valence-electron chi connectivity index (χ2n) is 7.21. The smallest absolute Gasteiger partial charge is 0.261 e. The van der Waals surface area contributed by atoms with Crippen molar-refractivity contribution < 1.29 is 9.47 Å². The maximum Gasteiger partial charge on any atom is 0.261 e. The van der Waals surface area contributed by atoms with Gasteiger partial charge in [0, 0.05) is 12.1 Å². The van der Waals surface area contributed by atoms with Gasteiger partial charge in [-0.3, -0.25) is 9.36 Å². The molecule has 0 amide bonds. The van der Waals surface area contributed by atoms with Gasteiger partial charge in [0.25, 0.3) is 5.56 Å². The minimum absolute atomic E-state index is 0.0309. The Kier molecular flexibility index (Phi) is 5.53. The summed E-state index contributed by atoms with van der Waals surface area (Å²) in [5.74, 6) is 2.04. The molecule has 1 aromatic heterocycles. The van der Waals surface area contributed by atoms with E-state index in [2.05, 4.69) is 0 Å². The molecule has 0 saturated carbocycles. The van der Waals surface area contributed by atoms with Gasteiger partial charge in [-0.1, -0.05) is 48.0 Å². The quantitative estimate of drug-likeness (QED) is 0.473. The van der Waals surface area contributed by atoms with E-state index >= 15 is 0 Å². The van der Waals surface area contributed by atoms with Gasteiger partial charge in [-0.25, -0.2) is 4.98 Å². The number of fused-ring (bicyclic) bond motifs is 1. The number of methoxy groups -OCH3 is 2. The molecule has 4 aromatic rings. The van der Waals surface area contributed by atoms with Gasteiger partial charge in [0.1, 0.15) is 5.82 Å². The highest BCUT2D eigenvalue weighted by atomic mass is 16.5. The maximum atomic E-state index is 13.3. The maximum absolute atomic E-state index is 13.3. The van der Waals surface area contributed by atoms with Gasteiger partial charge in [0.05, 0.1) is 25.1 Å². The highest BCUT2D eigenvalue weighted by Gasteiger charge is 2.13. The summed E-state index contributed by atoms with van der Waals surface area (Å²) >= 11 is 0. The van der Waals surface area contributed by atoms with E-state index in [1.54, 1.807) is 18.8 Å². The molecule has 0 N–H and O–H groups in total. The number of ether oxygens (including phenoxy) is 2. The van der Waals surface area contributed by atoms with Crippen LogP contribution in [0.3, 0.4) is 0 Å². The fraction of sp³-hybridized carbons (Fsp3) is 0.200.